The number of aromatic nitrogens is 4. The van der Waals surface area contributed by atoms with E-state index in [9.17, 15) is 0 Å². The minimum Gasteiger partial charge on any atom is -0.443 e. The number of fused-ring (bicyclic) bond motifs is 4. The molecule has 0 saturated heterocycles. The van der Waals surface area contributed by atoms with Gasteiger partial charge < -0.3 is 4.42 Å². The van der Waals surface area contributed by atoms with Crippen molar-refractivity contribution in [2.24, 2.45) is 17.8 Å². The minimum absolute atomic E-state index is 0.0899. The van der Waals surface area contributed by atoms with Gasteiger partial charge in [0.2, 0.25) is 0 Å². The molecule has 0 aliphatic heterocycles. The first-order valence-electron chi connectivity index (χ1n) is 19.0. The van der Waals surface area contributed by atoms with Gasteiger partial charge in [-0.05, 0) is 107 Å². The molecule has 254 valence electrons. The van der Waals surface area contributed by atoms with Crippen molar-refractivity contribution in [2.75, 3.05) is 0 Å². The Morgan fingerprint density at radius 1 is 0.538 bits per heavy atom. The summed E-state index contributed by atoms with van der Waals surface area (Å²) in [6.07, 6.45) is 9.95. The molecule has 0 spiro atoms. The van der Waals surface area contributed by atoms with E-state index < -0.39 is 0 Å². The second-order valence-electron chi connectivity index (χ2n) is 16.6. The largest absolute Gasteiger partial charge is 0.443 e. The van der Waals surface area contributed by atoms with Crippen LogP contribution in [0.5, 0.6) is 0 Å². The molecule has 7 aromatic rings. The molecule has 12 rings (SSSR count). The average molecular weight is 677 g/mol. The van der Waals surface area contributed by atoms with Crippen LogP contribution in [0.4, 0.5) is 0 Å². The summed E-state index contributed by atoms with van der Waals surface area (Å²) in [6, 6.07) is 39.2. The van der Waals surface area contributed by atoms with Crippen LogP contribution in [0.25, 0.3) is 67.5 Å². The molecule has 0 amide bonds. The van der Waals surface area contributed by atoms with Crippen LogP contribution in [0.15, 0.2) is 120 Å². The van der Waals surface area contributed by atoms with Gasteiger partial charge >= 0.3 is 0 Å². The summed E-state index contributed by atoms with van der Waals surface area (Å²) in [5, 5.41) is 0. The molecule has 0 unspecified atom stereocenters. The molecule has 52 heavy (non-hydrogen) atoms. The third-order valence-corrected chi connectivity index (χ3v) is 13.1. The Bertz CT molecular complexity index is 2490. The number of hydrogen-bond donors (Lipinski definition) is 0. The van der Waals surface area contributed by atoms with Crippen LogP contribution in [0, 0.1) is 17.8 Å². The summed E-state index contributed by atoms with van der Waals surface area (Å²) in [5.74, 6) is 4.62. The van der Waals surface area contributed by atoms with Crippen LogP contribution in [-0.4, -0.2) is 19.9 Å². The number of rotatable bonds is 5. The van der Waals surface area contributed by atoms with Crippen molar-refractivity contribution in [3.8, 4) is 56.4 Å². The number of benzene rings is 5. The van der Waals surface area contributed by atoms with E-state index in [0.717, 1.165) is 51.1 Å². The first-order valence-corrected chi connectivity index (χ1v) is 19.0. The molecule has 5 aliphatic rings. The highest BCUT2D eigenvalue weighted by atomic mass is 16.3. The second-order valence-corrected chi connectivity index (χ2v) is 16.6. The minimum atomic E-state index is -0.0899. The van der Waals surface area contributed by atoms with E-state index in [1.807, 2.05) is 18.2 Å². The van der Waals surface area contributed by atoms with Crippen molar-refractivity contribution in [3.05, 3.63) is 132 Å². The zero-order valence-electron chi connectivity index (χ0n) is 29.6. The van der Waals surface area contributed by atoms with Crippen molar-refractivity contribution < 1.29 is 4.42 Å². The van der Waals surface area contributed by atoms with Gasteiger partial charge in [-0.15, -0.1) is 0 Å². The SMILES string of the molecule is CC1(C)c2ccccc2-c2ccc(-c3ccc(-c4nc(-c5ccccc5)nc(-c5ccc(C67CC8CC(CC(C8)C6)C7)cc5)n4)c4ocnc34)cc21. The molecule has 5 nitrogen and oxygen atoms in total. The fourth-order valence-electron chi connectivity index (χ4n) is 11.0. The lowest BCUT2D eigenvalue weighted by atomic mass is 9.48. The van der Waals surface area contributed by atoms with E-state index >= 15 is 0 Å². The van der Waals surface area contributed by atoms with Crippen molar-refractivity contribution in [3.63, 3.8) is 0 Å². The van der Waals surface area contributed by atoms with Gasteiger partial charge in [-0.3, -0.25) is 0 Å². The van der Waals surface area contributed by atoms with Crippen LogP contribution in [0.1, 0.15) is 69.1 Å². The average Bonchev–Trinajstić information content (AvgIpc) is 3.75. The van der Waals surface area contributed by atoms with E-state index in [1.165, 1.54) is 72.7 Å². The lowest BCUT2D eigenvalue weighted by molar-refractivity contribution is -0.00518. The molecule has 0 atom stereocenters. The van der Waals surface area contributed by atoms with E-state index in [0.29, 0.717) is 28.5 Å². The van der Waals surface area contributed by atoms with Gasteiger partial charge in [0.1, 0.15) is 5.52 Å². The van der Waals surface area contributed by atoms with Gasteiger partial charge in [-0.25, -0.2) is 19.9 Å². The summed E-state index contributed by atoms with van der Waals surface area (Å²) < 4.78 is 6.16. The summed E-state index contributed by atoms with van der Waals surface area (Å²) in [4.78, 5) is 20.0. The molecule has 5 aromatic carbocycles. The fraction of sp³-hybridized carbons (Fsp3) is 0.277. The van der Waals surface area contributed by atoms with Crippen LogP contribution in [-0.2, 0) is 10.8 Å². The highest BCUT2D eigenvalue weighted by molar-refractivity contribution is 5.99. The van der Waals surface area contributed by atoms with Crippen LogP contribution in [0.3, 0.4) is 0 Å². The van der Waals surface area contributed by atoms with Crippen LogP contribution >= 0.6 is 0 Å². The lowest BCUT2D eigenvalue weighted by Crippen LogP contribution is -2.48. The van der Waals surface area contributed by atoms with Gasteiger partial charge in [0.25, 0.3) is 0 Å². The molecule has 4 fully saturated rings. The van der Waals surface area contributed by atoms with Crippen molar-refractivity contribution in [1.82, 2.24) is 19.9 Å². The zero-order chi connectivity index (χ0) is 34.6. The summed E-state index contributed by atoms with van der Waals surface area (Å²) in [6.45, 7) is 4.63. The van der Waals surface area contributed by atoms with Gasteiger partial charge in [-0.1, -0.05) is 111 Å². The summed E-state index contributed by atoms with van der Waals surface area (Å²) in [5.41, 5.74) is 13.5. The smallest absolute Gasteiger partial charge is 0.182 e. The molecule has 4 bridgehead atoms. The third-order valence-electron chi connectivity index (χ3n) is 13.1. The van der Waals surface area contributed by atoms with Crippen molar-refractivity contribution in [2.45, 2.75) is 63.2 Å². The molecule has 0 N–H and O–H groups in total. The Morgan fingerprint density at radius 3 is 1.85 bits per heavy atom. The van der Waals surface area contributed by atoms with Gasteiger partial charge in [-0.2, -0.15) is 0 Å². The summed E-state index contributed by atoms with van der Waals surface area (Å²) >= 11 is 0. The van der Waals surface area contributed by atoms with E-state index in [2.05, 4.69) is 105 Å². The Morgan fingerprint density at radius 2 is 1.12 bits per heavy atom. The topological polar surface area (TPSA) is 64.7 Å². The fourth-order valence-corrected chi connectivity index (χ4v) is 11.0. The van der Waals surface area contributed by atoms with Gasteiger partial charge in [0.05, 0.1) is 5.56 Å². The van der Waals surface area contributed by atoms with Crippen LogP contribution in [0.2, 0.25) is 0 Å². The second kappa shape index (κ2) is 11.0. The quantitative estimate of drug-likeness (QED) is 0.182. The maximum atomic E-state index is 6.16. The number of oxazole rings is 1. The Balaban J connectivity index is 1.000. The van der Waals surface area contributed by atoms with E-state index in [-0.39, 0.29) is 5.41 Å². The number of hydrogen-bond acceptors (Lipinski definition) is 5. The van der Waals surface area contributed by atoms with Crippen LogP contribution < -0.4 is 0 Å². The van der Waals surface area contributed by atoms with Crippen molar-refractivity contribution >= 4 is 11.1 Å². The standard InChI is InChI=1S/C47H40N4O/c1-46(2)39-11-7-6-10-36(39)37-17-14-33(23-40(37)46)35-18-19-38(42-41(35)48-27-52-42)45-50-43(31-8-4-3-5-9-31)49-44(51-45)32-12-15-34(16-13-32)47-24-28-20-29(25-47)22-30(21-28)26-47/h3-19,23,27-30H,20-22,24-26H2,1-2H3. The highest BCUT2D eigenvalue weighted by Gasteiger charge is 2.51. The molecule has 5 heteroatoms. The maximum absolute atomic E-state index is 6.16. The molecule has 5 aliphatic carbocycles. The molecule has 0 radical (unpaired) electrons. The molecular formula is C47H40N4O. The maximum Gasteiger partial charge on any atom is 0.182 e. The molecular weight excluding hydrogens is 637 g/mol. The molecule has 2 aromatic heterocycles. The Kier molecular flexibility index (Phi) is 6.42. The lowest BCUT2D eigenvalue weighted by Gasteiger charge is -2.57. The summed E-state index contributed by atoms with van der Waals surface area (Å²) in [7, 11) is 0. The van der Waals surface area contributed by atoms with E-state index in [4.69, 9.17) is 24.4 Å². The van der Waals surface area contributed by atoms with E-state index in [1.54, 1.807) is 0 Å². The predicted molar refractivity (Wildman–Crippen MR) is 207 cm³/mol. The number of nitrogens with zero attached hydrogens (tertiary/aromatic N) is 4. The Hall–Kier alpha value is -5.42. The first-order chi connectivity index (χ1) is 25.4. The normalized spacial score (nSPS) is 23.5. The third kappa shape index (κ3) is 4.54. The monoisotopic (exact) mass is 676 g/mol. The zero-order valence-corrected chi connectivity index (χ0v) is 29.6. The van der Waals surface area contributed by atoms with Gasteiger partial charge in [0, 0.05) is 22.1 Å². The predicted octanol–water partition coefficient (Wildman–Crippen LogP) is 11.5. The Labute approximate surface area is 304 Å². The first kappa shape index (κ1) is 30.2. The molecule has 4 saturated carbocycles. The van der Waals surface area contributed by atoms with Gasteiger partial charge in [0.15, 0.2) is 29.4 Å². The van der Waals surface area contributed by atoms with Crippen molar-refractivity contribution in [1.29, 1.82) is 0 Å². The molecule has 2 heterocycles. The highest BCUT2D eigenvalue weighted by Crippen LogP contribution is 2.61.